The molecule has 2 rings (SSSR count). The van der Waals surface area contributed by atoms with Gasteiger partial charge < -0.3 is 10.0 Å². The first-order chi connectivity index (χ1) is 9.15. The summed E-state index contributed by atoms with van der Waals surface area (Å²) in [7, 11) is 4.11. The number of benzene rings is 1. The van der Waals surface area contributed by atoms with Crippen LogP contribution in [0.1, 0.15) is 11.1 Å². The number of hydrogen-bond donors (Lipinski definition) is 1. The molecule has 2 atom stereocenters. The first-order valence-electron chi connectivity index (χ1n) is 6.63. The van der Waals surface area contributed by atoms with Crippen molar-refractivity contribution in [3.05, 3.63) is 35.4 Å². The smallest absolute Gasteiger partial charge is 0.0995 e. The molecule has 0 radical (unpaired) electrons. The van der Waals surface area contributed by atoms with E-state index in [0.717, 1.165) is 30.8 Å². The lowest BCUT2D eigenvalue weighted by atomic mass is 10.0. The molecule has 4 heteroatoms. The minimum Gasteiger partial charge on any atom is -0.396 e. The van der Waals surface area contributed by atoms with E-state index in [1.54, 1.807) is 0 Å². The Morgan fingerprint density at radius 2 is 2.11 bits per heavy atom. The van der Waals surface area contributed by atoms with Crippen molar-refractivity contribution < 1.29 is 5.11 Å². The molecule has 1 heterocycles. The molecule has 1 aromatic carbocycles. The molecular weight excluding hydrogens is 238 g/mol. The molecule has 0 spiro atoms. The summed E-state index contributed by atoms with van der Waals surface area (Å²) in [6.07, 6.45) is 0. The van der Waals surface area contributed by atoms with Gasteiger partial charge >= 0.3 is 0 Å². The second-order valence-corrected chi connectivity index (χ2v) is 5.44. The van der Waals surface area contributed by atoms with Gasteiger partial charge in [0.25, 0.3) is 0 Å². The molecule has 1 aromatic rings. The highest BCUT2D eigenvalue weighted by Gasteiger charge is 2.33. The molecule has 0 unspecified atom stereocenters. The van der Waals surface area contributed by atoms with Crippen molar-refractivity contribution in [3.8, 4) is 6.07 Å². The van der Waals surface area contributed by atoms with E-state index >= 15 is 0 Å². The molecule has 0 amide bonds. The Labute approximate surface area is 114 Å². The van der Waals surface area contributed by atoms with Crippen LogP contribution in [0.25, 0.3) is 0 Å². The van der Waals surface area contributed by atoms with Crippen LogP contribution in [0.5, 0.6) is 0 Å². The van der Waals surface area contributed by atoms with Crippen molar-refractivity contribution in [2.24, 2.45) is 5.92 Å². The molecule has 1 saturated heterocycles. The molecule has 1 aliphatic rings. The first-order valence-corrected chi connectivity index (χ1v) is 6.63. The fraction of sp³-hybridized carbons (Fsp3) is 0.533. The molecule has 1 fully saturated rings. The molecule has 0 aromatic heterocycles. The van der Waals surface area contributed by atoms with Gasteiger partial charge in [-0.1, -0.05) is 18.2 Å². The van der Waals surface area contributed by atoms with Crippen LogP contribution in [0, 0.1) is 17.2 Å². The van der Waals surface area contributed by atoms with Crippen molar-refractivity contribution in [2.45, 2.75) is 12.6 Å². The predicted octanol–water partition coefficient (Wildman–Crippen LogP) is 0.913. The monoisotopic (exact) mass is 259 g/mol. The summed E-state index contributed by atoms with van der Waals surface area (Å²) in [6, 6.07) is 10.4. The van der Waals surface area contributed by atoms with Crippen molar-refractivity contribution in [1.82, 2.24) is 9.80 Å². The van der Waals surface area contributed by atoms with Gasteiger partial charge in [0.15, 0.2) is 0 Å². The second-order valence-electron chi connectivity index (χ2n) is 5.44. The number of aliphatic hydroxyl groups excluding tert-OH is 1. The van der Waals surface area contributed by atoms with Crippen molar-refractivity contribution in [1.29, 1.82) is 5.26 Å². The minimum atomic E-state index is 0.221. The number of rotatable bonds is 4. The van der Waals surface area contributed by atoms with Crippen LogP contribution >= 0.6 is 0 Å². The van der Waals surface area contributed by atoms with Crippen LogP contribution in [0.15, 0.2) is 24.3 Å². The summed E-state index contributed by atoms with van der Waals surface area (Å²) in [5.74, 6) is 0.296. The zero-order chi connectivity index (χ0) is 13.8. The lowest BCUT2D eigenvalue weighted by Crippen LogP contribution is -2.36. The van der Waals surface area contributed by atoms with E-state index in [1.165, 1.54) is 0 Å². The quantitative estimate of drug-likeness (QED) is 0.873. The lowest BCUT2D eigenvalue weighted by molar-refractivity contribution is 0.167. The Kier molecular flexibility index (Phi) is 4.54. The van der Waals surface area contributed by atoms with Gasteiger partial charge in [0.1, 0.15) is 0 Å². The van der Waals surface area contributed by atoms with E-state index < -0.39 is 0 Å². The predicted molar refractivity (Wildman–Crippen MR) is 74.5 cm³/mol. The Bertz CT molecular complexity index is 467. The molecular formula is C15H21N3O. The summed E-state index contributed by atoms with van der Waals surface area (Å²) in [4.78, 5) is 4.50. The summed E-state index contributed by atoms with van der Waals surface area (Å²) in [5.41, 5.74) is 1.82. The summed E-state index contributed by atoms with van der Waals surface area (Å²) in [6.45, 7) is 2.83. The number of nitrogens with zero attached hydrogens (tertiary/aromatic N) is 3. The van der Waals surface area contributed by atoms with Crippen LogP contribution in [-0.2, 0) is 6.54 Å². The van der Waals surface area contributed by atoms with Gasteiger partial charge in [0.2, 0.25) is 0 Å². The van der Waals surface area contributed by atoms with Crippen molar-refractivity contribution >= 4 is 0 Å². The van der Waals surface area contributed by atoms with Crippen molar-refractivity contribution in [2.75, 3.05) is 33.8 Å². The maximum absolute atomic E-state index is 9.46. The molecule has 1 N–H and O–H groups in total. The largest absolute Gasteiger partial charge is 0.396 e. The first kappa shape index (κ1) is 14.0. The molecule has 19 heavy (non-hydrogen) atoms. The third kappa shape index (κ3) is 3.13. The average molecular weight is 259 g/mol. The Balaban J connectivity index is 2.07. The highest BCUT2D eigenvalue weighted by molar-refractivity contribution is 5.37. The van der Waals surface area contributed by atoms with E-state index in [-0.39, 0.29) is 6.61 Å². The number of likely N-dealkylation sites (N-methyl/N-ethyl adjacent to an activating group) is 1. The summed E-state index contributed by atoms with van der Waals surface area (Å²) < 4.78 is 0. The Morgan fingerprint density at radius 3 is 2.68 bits per heavy atom. The van der Waals surface area contributed by atoms with Crippen LogP contribution in [0.3, 0.4) is 0 Å². The SMILES string of the molecule is CN(C)[C@@H]1CN(Cc2ccccc2C#N)C[C@H]1CO. The molecule has 1 aliphatic heterocycles. The molecule has 0 saturated carbocycles. The standard InChI is InChI=1S/C15H21N3O/c1-17(2)15-10-18(9-14(15)11-19)8-13-6-4-3-5-12(13)7-16/h3-6,14-15,19H,8-11H2,1-2H3/t14-,15+/m0/s1. The second kappa shape index (κ2) is 6.16. The van der Waals surface area contributed by atoms with Gasteiger partial charge in [0, 0.05) is 38.2 Å². The van der Waals surface area contributed by atoms with Crippen LogP contribution < -0.4 is 0 Å². The van der Waals surface area contributed by atoms with Gasteiger partial charge in [-0.05, 0) is 25.7 Å². The zero-order valence-corrected chi connectivity index (χ0v) is 11.6. The van der Waals surface area contributed by atoms with Gasteiger partial charge in [-0.2, -0.15) is 5.26 Å². The Morgan fingerprint density at radius 1 is 1.37 bits per heavy atom. The highest BCUT2D eigenvalue weighted by Crippen LogP contribution is 2.22. The number of nitriles is 1. The van der Waals surface area contributed by atoms with Crippen LogP contribution in [0.4, 0.5) is 0 Å². The van der Waals surface area contributed by atoms with Gasteiger partial charge in [-0.3, -0.25) is 4.90 Å². The molecule has 0 aliphatic carbocycles. The topological polar surface area (TPSA) is 50.5 Å². The van der Waals surface area contributed by atoms with Gasteiger partial charge in [-0.25, -0.2) is 0 Å². The van der Waals surface area contributed by atoms with Crippen molar-refractivity contribution in [3.63, 3.8) is 0 Å². The van der Waals surface area contributed by atoms with E-state index in [0.29, 0.717) is 12.0 Å². The third-order valence-corrected chi connectivity index (χ3v) is 3.91. The normalized spacial score (nSPS) is 23.7. The minimum absolute atomic E-state index is 0.221. The van der Waals surface area contributed by atoms with Gasteiger partial charge in [0.05, 0.1) is 11.6 Å². The summed E-state index contributed by atoms with van der Waals surface area (Å²) in [5, 5.41) is 18.6. The van der Waals surface area contributed by atoms with Crippen LogP contribution in [-0.4, -0.2) is 54.7 Å². The maximum atomic E-state index is 9.46. The highest BCUT2D eigenvalue weighted by atomic mass is 16.3. The molecule has 0 bridgehead atoms. The average Bonchev–Trinajstić information content (AvgIpc) is 2.82. The maximum Gasteiger partial charge on any atom is 0.0995 e. The van der Waals surface area contributed by atoms with E-state index in [9.17, 15) is 5.11 Å². The molecule has 102 valence electrons. The number of likely N-dealkylation sites (tertiary alicyclic amines) is 1. The van der Waals surface area contributed by atoms with Gasteiger partial charge in [-0.15, -0.1) is 0 Å². The lowest BCUT2D eigenvalue weighted by Gasteiger charge is -2.23. The van der Waals surface area contributed by atoms with E-state index in [2.05, 4.69) is 30.0 Å². The molecule has 4 nitrogen and oxygen atoms in total. The third-order valence-electron chi connectivity index (χ3n) is 3.91. The fourth-order valence-electron chi connectivity index (χ4n) is 2.84. The number of aliphatic hydroxyl groups is 1. The Hall–Kier alpha value is -1.41. The van der Waals surface area contributed by atoms with Crippen LogP contribution in [0.2, 0.25) is 0 Å². The number of hydrogen-bond acceptors (Lipinski definition) is 4. The van der Waals surface area contributed by atoms with E-state index in [1.807, 2.05) is 24.3 Å². The summed E-state index contributed by atoms with van der Waals surface area (Å²) >= 11 is 0. The van der Waals surface area contributed by atoms with E-state index in [4.69, 9.17) is 5.26 Å². The zero-order valence-electron chi connectivity index (χ0n) is 11.6. The fourth-order valence-corrected chi connectivity index (χ4v) is 2.84.